The molecule has 0 fully saturated rings. The van der Waals surface area contributed by atoms with Crippen molar-refractivity contribution in [3.8, 4) is 0 Å². The molecular formula is C24H32N4O. The summed E-state index contributed by atoms with van der Waals surface area (Å²) >= 11 is 0. The van der Waals surface area contributed by atoms with Crippen LogP contribution in [0, 0.1) is 0 Å². The molecule has 29 heavy (non-hydrogen) atoms. The molecule has 1 heterocycles. The van der Waals surface area contributed by atoms with Gasteiger partial charge in [0.15, 0.2) is 0 Å². The molecule has 2 amide bonds. The topological polar surface area (TPSA) is 49.3 Å². The van der Waals surface area contributed by atoms with E-state index in [9.17, 15) is 4.79 Å². The highest BCUT2D eigenvalue weighted by atomic mass is 16.2. The zero-order valence-corrected chi connectivity index (χ0v) is 18.3. The zero-order chi connectivity index (χ0) is 21.2. The molecule has 1 aromatic heterocycles. The third kappa shape index (κ3) is 4.80. The van der Waals surface area contributed by atoms with Crippen LogP contribution in [0.25, 0.3) is 10.9 Å². The molecule has 3 aromatic rings. The van der Waals surface area contributed by atoms with E-state index in [1.807, 2.05) is 32.3 Å². The molecule has 2 aromatic carbocycles. The molecule has 1 atom stereocenters. The predicted octanol–water partition coefficient (Wildman–Crippen LogP) is 4.90. The summed E-state index contributed by atoms with van der Waals surface area (Å²) in [7, 11) is 6.13. The molecule has 0 aliphatic rings. The summed E-state index contributed by atoms with van der Waals surface area (Å²) in [4.78, 5) is 14.6. The lowest BCUT2D eigenvalue weighted by molar-refractivity contribution is 0.243. The molecule has 5 nitrogen and oxygen atoms in total. The van der Waals surface area contributed by atoms with Gasteiger partial charge in [-0.1, -0.05) is 51.1 Å². The van der Waals surface area contributed by atoms with E-state index < -0.39 is 0 Å². The number of aromatic nitrogens is 1. The Balaban J connectivity index is 1.68. The van der Waals surface area contributed by atoms with E-state index in [-0.39, 0.29) is 17.5 Å². The van der Waals surface area contributed by atoms with Gasteiger partial charge in [0, 0.05) is 36.4 Å². The summed E-state index contributed by atoms with van der Waals surface area (Å²) in [5.74, 6) is 0. The van der Waals surface area contributed by atoms with Crippen LogP contribution in [-0.4, -0.2) is 36.1 Å². The summed E-state index contributed by atoms with van der Waals surface area (Å²) in [6, 6.07) is 16.3. The highest BCUT2D eigenvalue weighted by Gasteiger charge is 2.20. The van der Waals surface area contributed by atoms with Gasteiger partial charge in [-0.3, -0.25) is 0 Å². The van der Waals surface area contributed by atoms with Crippen LogP contribution in [0.15, 0.2) is 54.7 Å². The van der Waals surface area contributed by atoms with Crippen LogP contribution in [0.1, 0.15) is 37.9 Å². The van der Waals surface area contributed by atoms with Gasteiger partial charge in [0.25, 0.3) is 0 Å². The molecule has 0 radical (unpaired) electrons. The largest absolute Gasteiger partial charge is 0.350 e. The number of hydrogen-bond donors (Lipinski definition) is 2. The van der Waals surface area contributed by atoms with E-state index in [4.69, 9.17) is 0 Å². The fourth-order valence-electron chi connectivity index (χ4n) is 3.63. The van der Waals surface area contributed by atoms with E-state index in [2.05, 4.69) is 84.4 Å². The number of nitrogens with zero attached hydrogens (tertiary/aromatic N) is 2. The molecule has 3 rings (SSSR count). The Labute approximate surface area is 173 Å². The average Bonchev–Trinajstić information content (AvgIpc) is 2.98. The van der Waals surface area contributed by atoms with Crippen molar-refractivity contribution in [3.05, 3.63) is 65.9 Å². The lowest BCUT2D eigenvalue weighted by Crippen LogP contribution is -2.36. The quantitative estimate of drug-likeness (QED) is 0.649. The molecule has 5 heteroatoms. The molecule has 154 valence electrons. The molecular weight excluding hydrogens is 360 g/mol. The fraction of sp³-hybridized carbons (Fsp3) is 0.375. The highest BCUT2D eigenvalue weighted by molar-refractivity contribution is 5.89. The van der Waals surface area contributed by atoms with Crippen molar-refractivity contribution in [1.82, 2.24) is 14.8 Å². The van der Waals surface area contributed by atoms with Crippen LogP contribution < -0.4 is 10.6 Å². The number of aryl methyl sites for hydroxylation is 1. The second-order valence-electron chi connectivity index (χ2n) is 8.85. The van der Waals surface area contributed by atoms with Crippen molar-refractivity contribution in [3.63, 3.8) is 0 Å². The van der Waals surface area contributed by atoms with Gasteiger partial charge in [-0.2, -0.15) is 0 Å². The number of para-hydroxylation sites is 1. The number of nitrogens with one attached hydrogen (secondary N) is 2. The minimum atomic E-state index is -0.194. The number of fused-ring (bicyclic) bond motifs is 1. The Bertz CT molecular complexity index is 980. The normalized spacial score (nSPS) is 12.9. The maximum Gasteiger partial charge on any atom is 0.319 e. The number of anilines is 1. The van der Waals surface area contributed by atoms with Gasteiger partial charge in [0.05, 0.1) is 6.04 Å². The van der Waals surface area contributed by atoms with Crippen molar-refractivity contribution in [2.75, 3.05) is 26.0 Å². The van der Waals surface area contributed by atoms with Crippen LogP contribution in [0.5, 0.6) is 0 Å². The molecule has 0 aliphatic heterocycles. The number of urea groups is 1. The van der Waals surface area contributed by atoms with E-state index in [0.717, 1.165) is 5.69 Å². The lowest BCUT2D eigenvalue weighted by atomic mass is 9.87. The maximum atomic E-state index is 12.5. The molecule has 0 aliphatic carbocycles. The Morgan fingerprint density at radius 1 is 1.07 bits per heavy atom. The van der Waals surface area contributed by atoms with Crippen LogP contribution in [0.3, 0.4) is 0 Å². The highest BCUT2D eigenvalue weighted by Crippen LogP contribution is 2.28. The number of amides is 2. The monoisotopic (exact) mass is 392 g/mol. The first kappa shape index (κ1) is 20.9. The van der Waals surface area contributed by atoms with Gasteiger partial charge in [0.2, 0.25) is 0 Å². The van der Waals surface area contributed by atoms with Crippen LogP contribution in [-0.2, 0) is 12.5 Å². The first-order valence-corrected chi connectivity index (χ1v) is 10.0. The smallest absolute Gasteiger partial charge is 0.319 e. The fourth-order valence-corrected chi connectivity index (χ4v) is 3.63. The molecule has 0 spiro atoms. The minimum absolute atomic E-state index is 0.0788. The first-order chi connectivity index (χ1) is 13.7. The van der Waals surface area contributed by atoms with Crippen molar-refractivity contribution in [2.24, 2.45) is 7.05 Å². The Kier molecular flexibility index (Phi) is 5.99. The minimum Gasteiger partial charge on any atom is -0.350 e. The lowest BCUT2D eigenvalue weighted by Gasteiger charge is -2.24. The third-order valence-corrected chi connectivity index (χ3v) is 5.37. The van der Waals surface area contributed by atoms with E-state index >= 15 is 0 Å². The average molecular weight is 393 g/mol. The van der Waals surface area contributed by atoms with Gasteiger partial charge in [-0.25, -0.2) is 4.79 Å². The van der Waals surface area contributed by atoms with Gasteiger partial charge < -0.3 is 20.1 Å². The number of benzene rings is 2. The van der Waals surface area contributed by atoms with Crippen LogP contribution in [0.4, 0.5) is 10.5 Å². The Morgan fingerprint density at radius 3 is 2.34 bits per heavy atom. The molecule has 0 saturated carbocycles. The van der Waals surface area contributed by atoms with Gasteiger partial charge >= 0.3 is 6.03 Å². The summed E-state index contributed by atoms with van der Waals surface area (Å²) in [5, 5.41) is 7.18. The van der Waals surface area contributed by atoms with Crippen molar-refractivity contribution in [1.29, 1.82) is 0 Å². The Morgan fingerprint density at radius 2 is 1.72 bits per heavy atom. The summed E-state index contributed by atoms with van der Waals surface area (Å²) in [6.45, 7) is 7.05. The second-order valence-corrected chi connectivity index (χ2v) is 8.85. The standard InChI is InChI=1S/C24H32N4O/c1-24(2,3)17-11-13-18(14-12-17)26-23(29)25-15-22(27(4)5)20-16-28(6)21-10-8-7-9-19(20)21/h7-14,16,22H,15H2,1-6H3,(H2,25,26,29). The zero-order valence-electron chi connectivity index (χ0n) is 18.3. The number of hydrogen-bond acceptors (Lipinski definition) is 2. The molecule has 1 unspecified atom stereocenters. The summed E-state index contributed by atoms with van der Waals surface area (Å²) < 4.78 is 2.14. The Hall–Kier alpha value is -2.79. The van der Waals surface area contributed by atoms with Gasteiger partial charge in [-0.15, -0.1) is 0 Å². The second kappa shape index (κ2) is 8.29. The third-order valence-electron chi connectivity index (χ3n) is 5.37. The SMILES string of the molecule is CN(C)C(CNC(=O)Nc1ccc(C(C)(C)C)cc1)c1cn(C)c2ccccc12. The van der Waals surface area contributed by atoms with Crippen molar-refractivity contribution < 1.29 is 4.79 Å². The first-order valence-electron chi connectivity index (χ1n) is 10.0. The van der Waals surface area contributed by atoms with E-state index in [0.29, 0.717) is 6.54 Å². The summed E-state index contributed by atoms with van der Waals surface area (Å²) in [5.41, 5.74) is 4.54. The molecule has 0 saturated heterocycles. The molecule has 2 N–H and O–H groups in total. The summed E-state index contributed by atoms with van der Waals surface area (Å²) in [6.07, 6.45) is 2.15. The van der Waals surface area contributed by atoms with Crippen molar-refractivity contribution in [2.45, 2.75) is 32.2 Å². The number of carbonyl (C=O) groups is 1. The number of likely N-dealkylation sites (N-methyl/N-ethyl adjacent to an activating group) is 1. The van der Waals surface area contributed by atoms with Crippen molar-refractivity contribution >= 4 is 22.6 Å². The van der Waals surface area contributed by atoms with Crippen LogP contribution in [0.2, 0.25) is 0 Å². The van der Waals surface area contributed by atoms with E-state index in [1.165, 1.54) is 22.0 Å². The number of carbonyl (C=O) groups excluding carboxylic acids is 1. The van der Waals surface area contributed by atoms with Crippen LogP contribution >= 0.6 is 0 Å². The van der Waals surface area contributed by atoms with Gasteiger partial charge in [0.1, 0.15) is 0 Å². The predicted molar refractivity (Wildman–Crippen MR) is 122 cm³/mol. The molecule has 0 bridgehead atoms. The van der Waals surface area contributed by atoms with E-state index in [1.54, 1.807) is 0 Å². The maximum absolute atomic E-state index is 12.5. The van der Waals surface area contributed by atoms with Gasteiger partial charge in [-0.05, 0) is 48.8 Å². The number of rotatable bonds is 5.